The molecule has 0 saturated carbocycles. The average Bonchev–Trinajstić information content (AvgIpc) is 2.25. The monoisotopic (exact) mass is 224 g/mol. The predicted molar refractivity (Wildman–Crippen MR) is 53.4 cm³/mol. The maximum absolute atomic E-state index is 13.2. The molecule has 0 radical (unpaired) electrons. The molecule has 0 atom stereocenters. The Labute approximate surface area is 90.9 Å². The minimum atomic E-state index is -1.09. The first-order valence-electron chi connectivity index (χ1n) is 4.61. The zero-order valence-corrected chi connectivity index (χ0v) is 8.27. The molecule has 0 spiro atoms. The number of rotatable bonds is 2. The molecule has 1 aliphatic heterocycles. The highest BCUT2D eigenvalue weighted by molar-refractivity contribution is 5.86. The Morgan fingerprint density at radius 2 is 2.31 bits per heavy atom. The second-order valence-electron chi connectivity index (χ2n) is 3.27. The average molecular weight is 224 g/mol. The molecule has 0 fully saturated rings. The van der Waals surface area contributed by atoms with Crippen LogP contribution in [0.15, 0.2) is 18.2 Å². The molecule has 2 rings (SSSR count). The highest BCUT2D eigenvalue weighted by atomic mass is 19.1. The molecule has 1 heterocycles. The molecule has 1 aromatic carbocycles. The fourth-order valence-electron chi connectivity index (χ4n) is 1.49. The lowest BCUT2D eigenvalue weighted by Gasteiger charge is -2.19. The lowest BCUT2D eigenvalue weighted by Crippen LogP contribution is -2.12. The van der Waals surface area contributed by atoms with Crippen LogP contribution in [0, 0.1) is 5.82 Å². The molecular weight excluding hydrogens is 215 g/mol. The van der Waals surface area contributed by atoms with E-state index in [2.05, 4.69) is 0 Å². The lowest BCUT2D eigenvalue weighted by molar-refractivity contribution is -0.131. The van der Waals surface area contributed by atoms with E-state index >= 15 is 0 Å². The van der Waals surface area contributed by atoms with Crippen molar-refractivity contribution in [3.63, 3.8) is 0 Å². The number of halogens is 1. The molecule has 0 saturated heterocycles. The van der Waals surface area contributed by atoms with Crippen molar-refractivity contribution >= 4 is 12.0 Å². The van der Waals surface area contributed by atoms with Crippen LogP contribution >= 0.6 is 0 Å². The van der Waals surface area contributed by atoms with Crippen LogP contribution in [0.25, 0.3) is 6.08 Å². The Morgan fingerprint density at radius 1 is 1.50 bits per heavy atom. The number of carboxylic acid groups (broad SMARTS) is 1. The van der Waals surface area contributed by atoms with E-state index in [0.717, 1.165) is 6.08 Å². The van der Waals surface area contributed by atoms with E-state index < -0.39 is 11.8 Å². The molecule has 1 aliphatic rings. The molecule has 84 valence electrons. The summed E-state index contributed by atoms with van der Waals surface area (Å²) in [5.74, 6) is -1.06. The summed E-state index contributed by atoms with van der Waals surface area (Å²) in [4.78, 5) is 10.4. The summed E-state index contributed by atoms with van der Waals surface area (Å²) in [6.45, 7) is 0.355. The fraction of sp³-hybridized carbons (Fsp3) is 0.182. The van der Waals surface area contributed by atoms with Crippen LogP contribution < -0.4 is 4.74 Å². The molecule has 0 aliphatic carbocycles. The van der Waals surface area contributed by atoms with E-state index in [0.29, 0.717) is 16.9 Å². The maximum Gasteiger partial charge on any atom is 0.328 e. The van der Waals surface area contributed by atoms with Gasteiger partial charge in [0.15, 0.2) is 6.79 Å². The number of benzene rings is 1. The van der Waals surface area contributed by atoms with Crippen molar-refractivity contribution in [3.05, 3.63) is 35.2 Å². The summed E-state index contributed by atoms with van der Waals surface area (Å²) in [7, 11) is 0. The Morgan fingerprint density at radius 3 is 3.06 bits per heavy atom. The second-order valence-corrected chi connectivity index (χ2v) is 3.27. The quantitative estimate of drug-likeness (QED) is 0.778. The van der Waals surface area contributed by atoms with E-state index in [1.54, 1.807) is 0 Å². The number of aliphatic carboxylic acids is 1. The molecule has 4 nitrogen and oxygen atoms in total. The second kappa shape index (κ2) is 4.32. The summed E-state index contributed by atoms with van der Waals surface area (Å²) in [6, 6.07) is 2.54. The first-order valence-corrected chi connectivity index (χ1v) is 4.61. The van der Waals surface area contributed by atoms with Crippen molar-refractivity contribution in [3.8, 4) is 5.75 Å². The molecule has 0 unspecified atom stereocenters. The maximum atomic E-state index is 13.2. The van der Waals surface area contributed by atoms with Gasteiger partial charge in [0.2, 0.25) is 0 Å². The van der Waals surface area contributed by atoms with E-state index in [1.807, 2.05) is 0 Å². The van der Waals surface area contributed by atoms with Crippen molar-refractivity contribution in [1.82, 2.24) is 0 Å². The minimum Gasteiger partial charge on any atom is -0.478 e. The molecular formula is C11H9FO4. The number of carbonyl (C=O) groups is 1. The molecule has 0 amide bonds. The van der Waals surface area contributed by atoms with Gasteiger partial charge in [-0.2, -0.15) is 0 Å². The number of fused-ring (bicyclic) bond motifs is 1. The zero-order chi connectivity index (χ0) is 11.5. The van der Waals surface area contributed by atoms with Gasteiger partial charge in [0.25, 0.3) is 0 Å². The number of hydrogen-bond donors (Lipinski definition) is 1. The van der Waals surface area contributed by atoms with Crippen molar-refractivity contribution < 1.29 is 23.8 Å². The van der Waals surface area contributed by atoms with Crippen molar-refractivity contribution in [2.45, 2.75) is 6.61 Å². The van der Waals surface area contributed by atoms with Gasteiger partial charge in [0, 0.05) is 17.2 Å². The van der Waals surface area contributed by atoms with Crippen molar-refractivity contribution in [1.29, 1.82) is 0 Å². The summed E-state index contributed by atoms with van der Waals surface area (Å²) in [5, 5.41) is 8.50. The topological polar surface area (TPSA) is 55.8 Å². The van der Waals surface area contributed by atoms with Gasteiger partial charge in [-0.1, -0.05) is 0 Å². The number of carboxylic acids is 1. The predicted octanol–water partition coefficient (Wildman–Crippen LogP) is 1.79. The third-order valence-corrected chi connectivity index (χ3v) is 2.11. The number of hydrogen-bond acceptors (Lipinski definition) is 3. The van der Waals surface area contributed by atoms with E-state index in [1.165, 1.54) is 18.2 Å². The first-order chi connectivity index (χ1) is 7.66. The van der Waals surface area contributed by atoms with Gasteiger partial charge in [-0.3, -0.25) is 0 Å². The Balaban J connectivity index is 2.43. The first kappa shape index (κ1) is 10.6. The smallest absolute Gasteiger partial charge is 0.328 e. The third kappa shape index (κ3) is 2.20. The standard InChI is InChI=1S/C11H9FO4/c12-9-3-7(1-2-10(13)14)11-8(4-9)5-15-6-16-11/h1-4H,5-6H2,(H,13,14)/b2-1+. The summed E-state index contributed by atoms with van der Waals surface area (Å²) >= 11 is 0. The molecule has 0 aromatic heterocycles. The van der Waals surface area contributed by atoms with E-state index in [4.69, 9.17) is 14.6 Å². The van der Waals surface area contributed by atoms with E-state index in [9.17, 15) is 9.18 Å². The number of ether oxygens (including phenoxy) is 2. The molecule has 1 N–H and O–H groups in total. The van der Waals surface area contributed by atoms with Gasteiger partial charge >= 0.3 is 5.97 Å². The Bertz CT molecular complexity index is 454. The van der Waals surface area contributed by atoms with Crippen molar-refractivity contribution in [2.75, 3.05) is 6.79 Å². The van der Waals surface area contributed by atoms with Gasteiger partial charge in [0.05, 0.1) is 6.61 Å². The Kier molecular flexibility index (Phi) is 2.87. The minimum absolute atomic E-state index is 0.0898. The summed E-state index contributed by atoms with van der Waals surface area (Å²) < 4.78 is 23.4. The van der Waals surface area contributed by atoms with E-state index in [-0.39, 0.29) is 13.4 Å². The fourth-order valence-corrected chi connectivity index (χ4v) is 1.49. The van der Waals surface area contributed by atoms with Crippen LogP contribution in [0.5, 0.6) is 5.75 Å². The molecule has 0 bridgehead atoms. The van der Waals surface area contributed by atoms with Crippen LogP contribution in [-0.4, -0.2) is 17.9 Å². The Hall–Kier alpha value is -1.88. The van der Waals surface area contributed by atoms with Crippen molar-refractivity contribution in [2.24, 2.45) is 0 Å². The van der Waals surface area contributed by atoms with Crippen LogP contribution in [0.1, 0.15) is 11.1 Å². The largest absolute Gasteiger partial charge is 0.478 e. The lowest BCUT2D eigenvalue weighted by atomic mass is 10.1. The molecule has 1 aromatic rings. The normalized spacial score (nSPS) is 14.6. The summed E-state index contributed by atoms with van der Waals surface area (Å²) in [6.07, 6.45) is 2.24. The highest BCUT2D eigenvalue weighted by Crippen LogP contribution is 2.30. The van der Waals surface area contributed by atoms with Gasteiger partial charge in [-0.25, -0.2) is 9.18 Å². The van der Waals surface area contributed by atoms with Crippen LogP contribution in [0.2, 0.25) is 0 Å². The molecule has 5 heteroatoms. The van der Waals surface area contributed by atoms with Gasteiger partial charge in [0.1, 0.15) is 11.6 Å². The van der Waals surface area contributed by atoms with Gasteiger partial charge in [-0.15, -0.1) is 0 Å². The van der Waals surface area contributed by atoms with Crippen LogP contribution in [0.4, 0.5) is 4.39 Å². The SMILES string of the molecule is O=C(O)/C=C/c1cc(F)cc2c1OCOC2. The van der Waals surface area contributed by atoms with Gasteiger partial charge in [-0.05, 0) is 18.2 Å². The highest BCUT2D eigenvalue weighted by Gasteiger charge is 2.15. The van der Waals surface area contributed by atoms with Crippen LogP contribution in [0.3, 0.4) is 0 Å². The third-order valence-electron chi connectivity index (χ3n) is 2.11. The van der Waals surface area contributed by atoms with Crippen LogP contribution in [-0.2, 0) is 16.1 Å². The molecule has 16 heavy (non-hydrogen) atoms. The van der Waals surface area contributed by atoms with Gasteiger partial charge < -0.3 is 14.6 Å². The summed E-state index contributed by atoms with van der Waals surface area (Å²) in [5.41, 5.74) is 0.983. The zero-order valence-electron chi connectivity index (χ0n) is 8.27.